The summed E-state index contributed by atoms with van der Waals surface area (Å²) >= 11 is 0. The van der Waals surface area contributed by atoms with Crippen molar-refractivity contribution >= 4 is 0 Å². The van der Waals surface area contributed by atoms with Crippen LogP contribution in [-0.2, 0) is 11.3 Å². The molecule has 0 radical (unpaired) electrons. The molecule has 2 rings (SSSR count). The topological polar surface area (TPSA) is 44.5 Å². The van der Waals surface area contributed by atoms with E-state index in [0.717, 1.165) is 31.6 Å². The first-order valence-corrected chi connectivity index (χ1v) is 5.98. The van der Waals surface area contributed by atoms with Crippen molar-refractivity contribution in [2.24, 2.45) is 11.7 Å². The van der Waals surface area contributed by atoms with Crippen LogP contribution in [0.5, 0.6) is 5.75 Å². The molecule has 0 amide bonds. The van der Waals surface area contributed by atoms with E-state index in [2.05, 4.69) is 0 Å². The van der Waals surface area contributed by atoms with Gasteiger partial charge in [-0.1, -0.05) is 0 Å². The number of nitrogens with two attached hydrogens (primary N) is 1. The molecule has 17 heavy (non-hydrogen) atoms. The molecule has 0 atom stereocenters. The third-order valence-corrected chi connectivity index (χ3v) is 3.06. The molecule has 1 aliphatic rings. The highest BCUT2D eigenvalue weighted by atomic mass is 19.1. The summed E-state index contributed by atoms with van der Waals surface area (Å²) in [7, 11) is 0. The maximum atomic E-state index is 13.0. The summed E-state index contributed by atoms with van der Waals surface area (Å²) in [5.41, 5.74) is 6.28. The van der Waals surface area contributed by atoms with Crippen LogP contribution in [-0.4, -0.2) is 19.8 Å². The molecule has 4 heteroatoms. The zero-order chi connectivity index (χ0) is 12.1. The molecule has 3 nitrogen and oxygen atoms in total. The predicted octanol–water partition coefficient (Wildman–Crippen LogP) is 2.09. The molecule has 0 bridgehead atoms. The molecule has 0 unspecified atom stereocenters. The van der Waals surface area contributed by atoms with Crippen molar-refractivity contribution in [1.82, 2.24) is 0 Å². The first-order chi connectivity index (χ1) is 8.29. The summed E-state index contributed by atoms with van der Waals surface area (Å²) in [6, 6.07) is 4.48. The summed E-state index contributed by atoms with van der Waals surface area (Å²) in [5, 5.41) is 0. The van der Waals surface area contributed by atoms with Gasteiger partial charge in [0.25, 0.3) is 0 Å². The Labute approximate surface area is 101 Å². The predicted molar refractivity (Wildman–Crippen MR) is 63.3 cm³/mol. The zero-order valence-corrected chi connectivity index (χ0v) is 9.82. The number of benzene rings is 1. The van der Waals surface area contributed by atoms with Gasteiger partial charge in [0, 0.05) is 25.3 Å². The maximum Gasteiger partial charge on any atom is 0.123 e. The van der Waals surface area contributed by atoms with Crippen molar-refractivity contribution in [2.45, 2.75) is 19.4 Å². The van der Waals surface area contributed by atoms with Crippen molar-refractivity contribution in [1.29, 1.82) is 0 Å². The summed E-state index contributed by atoms with van der Waals surface area (Å²) in [5.74, 6) is 0.948. The SMILES string of the molecule is NCc1cc(F)ccc1OCC1CCOCC1. The number of ether oxygens (including phenoxy) is 2. The smallest absolute Gasteiger partial charge is 0.123 e. The Morgan fingerprint density at radius 3 is 2.82 bits per heavy atom. The molecular weight excluding hydrogens is 221 g/mol. The fraction of sp³-hybridized carbons (Fsp3) is 0.538. The Balaban J connectivity index is 1.93. The van der Waals surface area contributed by atoms with E-state index in [-0.39, 0.29) is 5.82 Å². The molecule has 1 aromatic carbocycles. The van der Waals surface area contributed by atoms with E-state index in [0.29, 0.717) is 24.8 Å². The van der Waals surface area contributed by atoms with Crippen molar-refractivity contribution in [3.05, 3.63) is 29.6 Å². The standard InChI is InChI=1S/C13H18FNO2/c14-12-1-2-13(11(7-12)8-15)17-9-10-3-5-16-6-4-10/h1-2,7,10H,3-6,8-9,15H2. The molecule has 0 aromatic heterocycles. The lowest BCUT2D eigenvalue weighted by Crippen LogP contribution is -2.21. The summed E-state index contributed by atoms with van der Waals surface area (Å²) in [4.78, 5) is 0. The number of hydrogen-bond acceptors (Lipinski definition) is 3. The number of rotatable bonds is 4. The Bertz CT molecular complexity index is 364. The highest BCUT2D eigenvalue weighted by Crippen LogP contribution is 2.22. The van der Waals surface area contributed by atoms with Crippen molar-refractivity contribution < 1.29 is 13.9 Å². The second kappa shape index (κ2) is 5.98. The highest BCUT2D eigenvalue weighted by molar-refractivity contribution is 5.33. The minimum atomic E-state index is -0.274. The lowest BCUT2D eigenvalue weighted by Gasteiger charge is -2.22. The van der Waals surface area contributed by atoms with Crippen LogP contribution >= 0.6 is 0 Å². The summed E-state index contributed by atoms with van der Waals surface area (Å²) in [6.45, 7) is 2.56. The second-order valence-electron chi connectivity index (χ2n) is 4.32. The van der Waals surface area contributed by atoms with E-state index in [9.17, 15) is 4.39 Å². The average Bonchev–Trinajstić information content (AvgIpc) is 2.38. The third-order valence-electron chi connectivity index (χ3n) is 3.06. The summed E-state index contributed by atoms with van der Waals surface area (Å²) < 4.78 is 24.0. The molecule has 1 aromatic rings. The van der Waals surface area contributed by atoms with Crippen LogP contribution in [0.1, 0.15) is 18.4 Å². The molecule has 2 N–H and O–H groups in total. The minimum Gasteiger partial charge on any atom is -0.493 e. The van der Waals surface area contributed by atoms with E-state index < -0.39 is 0 Å². The lowest BCUT2D eigenvalue weighted by molar-refractivity contribution is 0.0496. The van der Waals surface area contributed by atoms with Gasteiger partial charge in [-0.15, -0.1) is 0 Å². The molecule has 1 fully saturated rings. The van der Waals surface area contributed by atoms with Gasteiger partial charge in [0.1, 0.15) is 11.6 Å². The van der Waals surface area contributed by atoms with Crippen LogP contribution in [0.4, 0.5) is 4.39 Å². The van der Waals surface area contributed by atoms with Crippen LogP contribution < -0.4 is 10.5 Å². The van der Waals surface area contributed by atoms with Gasteiger partial charge in [0.2, 0.25) is 0 Å². The van der Waals surface area contributed by atoms with Crippen LogP contribution in [0.15, 0.2) is 18.2 Å². The van der Waals surface area contributed by atoms with Gasteiger partial charge in [-0.05, 0) is 37.0 Å². The zero-order valence-electron chi connectivity index (χ0n) is 9.82. The van der Waals surface area contributed by atoms with Crippen molar-refractivity contribution in [3.63, 3.8) is 0 Å². The van der Waals surface area contributed by atoms with Gasteiger partial charge in [0.15, 0.2) is 0 Å². The first kappa shape index (κ1) is 12.3. The molecule has 1 heterocycles. The molecule has 0 saturated carbocycles. The fourth-order valence-electron chi connectivity index (χ4n) is 1.97. The first-order valence-electron chi connectivity index (χ1n) is 5.98. The Hall–Kier alpha value is -1.13. The Kier molecular flexibility index (Phi) is 4.34. The second-order valence-corrected chi connectivity index (χ2v) is 4.32. The van der Waals surface area contributed by atoms with E-state index in [1.807, 2.05) is 0 Å². The van der Waals surface area contributed by atoms with Gasteiger partial charge >= 0.3 is 0 Å². The Morgan fingerprint density at radius 1 is 1.35 bits per heavy atom. The third kappa shape index (κ3) is 3.41. The van der Waals surface area contributed by atoms with E-state index in [1.54, 1.807) is 6.07 Å². The van der Waals surface area contributed by atoms with E-state index >= 15 is 0 Å². The van der Waals surface area contributed by atoms with Gasteiger partial charge in [-0.2, -0.15) is 0 Å². The largest absolute Gasteiger partial charge is 0.493 e. The van der Waals surface area contributed by atoms with Crippen LogP contribution in [0.2, 0.25) is 0 Å². The maximum absolute atomic E-state index is 13.0. The number of halogens is 1. The van der Waals surface area contributed by atoms with Crippen LogP contribution in [0.3, 0.4) is 0 Å². The van der Waals surface area contributed by atoms with Crippen LogP contribution in [0, 0.1) is 11.7 Å². The fourth-order valence-corrected chi connectivity index (χ4v) is 1.97. The molecular formula is C13H18FNO2. The average molecular weight is 239 g/mol. The molecule has 0 spiro atoms. The van der Waals surface area contributed by atoms with Gasteiger partial charge in [-0.25, -0.2) is 4.39 Å². The molecule has 1 saturated heterocycles. The van der Waals surface area contributed by atoms with Crippen LogP contribution in [0.25, 0.3) is 0 Å². The molecule has 94 valence electrons. The van der Waals surface area contributed by atoms with E-state index in [1.165, 1.54) is 12.1 Å². The summed E-state index contributed by atoms with van der Waals surface area (Å²) in [6.07, 6.45) is 2.05. The quantitative estimate of drug-likeness (QED) is 0.875. The lowest BCUT2D eigenvalue weighted by atomic mass is 10.0. The van der Waals surface area contributed by atoms with Gasteiger partial charge in [0.05, 0.1) is 6.61 Å². The number of hydrogen-bond donors (Lipinski definition) is 1. The van der Waals surface area contributed by atoms with Crippen molar-refractivity contribution in [3.8, 4) is 5.75 Å². The monoisotopic (exact) mass is 239 g/mol. The van der Waals surface area contributed by atoms with Crippen molar-refractivity contribution in [2.75, 3.05) is 19.8 Å². The van der Waals surface area contributed by atoms with Gasteiger partial charge in [-0.3, -0.25) is 0 Å². The molecule has 0 aliphatic carbocycles. The normalized spacial score (nSPS) is 17.1. The van der Waals surface area contributed by atoms with Gasteiger partial charge < -0.3 is 15.2 Å². The van der Waals surface area contributed by atoms with E-state index in [4.69, 9.17) is 15.2 Å². The molecule has 1 aliphatic heterocycles. The Morgan fingerprint density at radius 2 is 2.12 bits per heavy atom. The minimum absolute atomic E-state index is 0.274. The highest BCUT2D eigenvalue weighted by Gasteiger charge is 2.15.